The summed E-state index contributed by atoms with van der Waals surface area (Å²) in [5.41, 5.74) is 8.43. The largest absolute Gasteiger partial charge is 0.383 e. The van der Waals surface area contributed by atoms with Gasteiger partial charge in [-0.05, 0) is 50.0 Å². The molecule has 38 heavy (non-hydrogen) atoms. The van der Waals surface area contributed by atoms with Gasteiger partial charge >= 0.3 is 0 Å². The van der Waals surface area contributed by atoms with Gasteiger partial charge in [-0.15, -0.1) is 0 Å². The second-order valence-electron chi connectivity index (χ2n) is 10.3. The van der Waals surface area contributed by atoms with Crippen molar-refractivity contribution in [3.05, 3.63) is 59.7 Å². The van der Waals surface area contributed by atoms with E-state index in [-0.39, 0.29) is 29.3 Å². The van der Waals surface area contributed by atoms with Crippen LogP contribution in [0, 0.1) is 5.92 Å². The number of nitrogens with one attached hydrogen (secondary N) is 1. The molecule has 1 aliphatic heterocycles. The molecule has 3 aromatic rings. The summed E-state index contributed by atoms with van der Waals surface area (Å²) in [5.74, 6) is 1.30. The first-order chi connectivity index (χ1) is 18.4. The molecule has 1 saturated carbocycles. The number of nitrogens with zero attached hydrogens (tertiary/aromatic N) is 5. The normalized spacial score (nSPS) is 19.4. The number of ether oxygens (including phenoxy) is 1. The van der Waals surface area contributed by atoms with E-state index in [9.17, 15) is 9.59 Å². The molecule has 3 heterocycles. The van der Waals surface area contributed by atoms with Crippen LogP contribution in [0.4, 0.5) is 17.3 Å². The summed E-state index contributed by atoms with van der Waals surface area (Å²) in [6.45, 7) is 4.05. The summed E-state index contributed by atoms with van der Waals surface area (Å²) in [6, 6.07) is 8.24. The van der Waals surface area contributed by atoms with Crippen LogP contribution in [0.3, 0.4) is 0 Å². The van der Waals surface area contributed by atoms with Gasteiger partial charge in [-0.1, -0.05) is 24.3 Å². The zero-order chi connectivity index (χ0) is 26.6. The van der Waals surface area contributed by atoms with Gasteiger partial charge in [0.2, 0.25) is 0 Å². The van der Waals surface area contributed by atoms with Crippen molar-refractivity contribution in [1.82, 2.24) is 19.7 Å². The summed E-state index contributed by atoms with van der Waals surface area (Å²) >= 11 is 0. The van der Waals surface area contributed by atoms with Crippen molar-refractivity contribution in [2.45, 2.75) is 57.5 Å². The minimum atomic E-state index is -0.666. The number of nitrogens with two attached hydrogens (primary N) is 1. The number of piperidine rings is 1. The molecular formula is C28H35N7O3. The van der Waals surface area contributed by atoms with Crippen molar-refractivity contribution >= 4 is 29.0 Å². The third-order valence-electron chi connectivity index (χ3n) is 7.58. The number of methoxy groups -OCH3 is 1. The van der Waals surface area contributed by atoms with Crippen molar-refractivity contribution in [1.29, 1.82) is 0 Å². The molecule has 2 fully saturated rings. The van der Waals surface area contributed by atoms with Crippen molar-refractivity contribution < 1.29 is 14.3 Å². The van der Waals surface area contributed by atoms with Crippen molar-refractivity contribution in [2.75, 3.05) is 30.5 Å². The molecule has 2 aromatic heterocycles. The lowest BCUT2D eigenvalue weighted by Crippen LogP contribution is -2.44. The SMILES string of the molecule is COCCn1cc(Nc2nc(N3CCC[C@@H](CC(=O)c4ccc(C5CC5)cc4)[C@H]3C)cnc2C(N)=O)cn1. The van der Waals surface area contributed by atoms with Gasteiger partial charge in [0, 0.05) is 37.9 Å². The predicted octanol–water partition coefficient (Wildman–Crippen LogP) is 3.92. The van der Waals surface area contributed by atoms with Gasteiger partial charge in [0.05, 0.1) is 31.2 Å². The Morgan fingerprint density at radius 3 is 2.66 bits per heavy atom. The molecule has 200 valence electrons. The van der Waals surface area contributed by atoms with Crippen LogP contribution in [-0.4, -0.2) is 57.7 Å². The number of benzene rings is 1. The van der Waals surface area contributed by atoms with Crippen LogP contribution in [0.25, 0.3) is 0 Å². The molecule has 1 saturated heterocycles. The third-order valence-corrected chi connectivity index (χ3v) is 7.58. The number of rotatable bonds is 11. The fraction of sp³-hybridized carbons (Fsp3) is 0.464. The molecule has 0 bridgehead atoms. The Bertz CT molecular complexity index is 1290. The van der Waals surface area contributed by atoms with Crippen LogP contribution < -0.4 is 16.0 Å². The molecule has 1 amide bonds. The zero-order valence-corrected chi connectivity index (χ0v) is 22.0. The number of aromatic nitrogens is 4. The van der Waals surface area contributed by atoms with Gasteiger partial charge in [-0.2, -0.15) is 5.10 Å². The topological polar surface area (TPSA) is 128 Å². The fourth-order valence-corrected chi connectivity index (χ4v) is 5.19. The van der Waals surface area contributed by atoms with E-state index in [0.717, 1.165) is 24.9 Å². The molecule has 2 atom stereocenters. The van der Waals surface area contributed by atoms with E-state index in [0.29, 0.717) is 37.0 Å². The molecule has 10 heteroatoms. The van der Waals surface area contributed by atoms with Crippen LogP contribution in [0.2, 0.25) is 0 Å². The van der Waals surface area contributed by atoms with E-state index in [2.05, 4.69) is 39.4 Å². The first-order valence-corrected chi connectivity index (χ1v) is 13.3. The Balaban J connectivity index is 1.30. The van der Waals surface area contributed by atoms with Crippen LogP contribution in [0.1, 0.15) is 71.4 Å². The second-order valence-corrected chi connectivity index (χ2v) is 10.3. The molecule has 1 aromatic carbocycles. The lowest BCUT2D eigenvalue weighted by molar-refractivity contribution is 0.0944. The van der Waals surface area contributed by atoms with Gasteiger partial charge in [0.15, 0.2) is 17.3 Å². The molecular weight excluding hydrogens is 482 g/mol. The highest BCUT2D eigenvalue weighted by Crippen LogP contribution is 2.40. The molecule has 1 aliphatic carbocycles. The van der Waals surface area contributed by atoms with E-state index < -0.39 is 5.91 Å². The number of hydrogen-bond donors (Lipinski definition) is 2. The Hall–Kier alpha value is -3.79. The number of anilines is 3. The van der Waals surface area contributed by atoms with Gasteiger partial charge in [0.25, 0.3) is 5.91 Å². The summed E-state index contributed by atoms with van der Waals surface area (Å²) in [7, 11) is 1.64. The van der Waals surface area contributed by atoms with Gasteiger partial charge in [0.1, 0.15) is 5.82 Å². The fourth-order valence-electron chi connectivity index (χ4n) is 5.19. The maximum Gasteiger partial charge on any atom is 0.271 e. The number of primary amides is 1. The van der Waals surface area contributed by atoms with E-state index >= 15 is 0 Å². The third kappa shape index (κ3) is 5.85. The van der Waals surface area contributed by atoms with Crippen LogP contribution in [0.5, 0.6) is 0 Å². The second kappa shape index (κ2) is 11.3. The van der Waals surface area contributed by atoms with Gasteiger partial charge in [-0.3, -0.25) is 14.3 Å². The predicted molar refractivity (Wildman–Crippen MR) is 145 cm³/mol. The van der Waals surface area contributed by atoms with Crippen LogP contribution in [-0.2, 0) is 11.3 Å². The average molecular weight is 518 g/mol. The number of amides is 1. The lowest BCUT2D eigenvalue weighted by atomic mass is 9.85. The van der Waals surface area contributed by atoms with Crippen molar-refractivity contribution in [3.63, 3.8) is 0 Å². The molecule has 0 radical (unpaired) electrons. The van der Waals surface area contributed by atoms with Gasteiger partial charge < -0.3 is 20.7 Å². The smallest absolute Gasteiger partial charge is 0.271 e. The molecule has 0 spiro atoms. The van der Waals surface area contributed by atoms with Crippen molar-refractivity contribution in [2.24, 2.45) is 11.7 Å². The highest BCUT2D eigenvalue weighted by Gasteiger charge is 2.32. The van der Waals surface area contributed by atoms with Crippen LogP contribution in [0.15, 0.2) is 42.9 Å². The number of Topliss-reactive ketones (excluding diaryl/α,β-unsaturated/α-hetero) is 1. The Morgan fingerprint density at radius 2 is 1.95 bits per heavy atom. The number of ketones is 1. The molecule has 0 unspecified atom stereocenters. The maximum atomic E-state index is 13.1. The van der Waals surface area contributed by atoms with Gasteiger partial charge in [-0.25, -0.2) is 9.97 Å². The highest BCUT2D eigenvalue weighted by atomic mass is 16.5. The Morgan fingerprint density at radius 1 is 1.16 bits per heavy atom. The minimum absolute atomic E-state index is 0.0597. The summed E-state index contributed by atoms with van der Waals surface area (Å²) in [4.78, 5) is 36.4. The summed E-state index contributed by atoms with van der Waals surface area (Å²) in [5, 5.41) is 7.44. The minimum Gasteiger partial charge on any atom is -0.383 e. The monoisotopic (exact) mass is 517 g/mol. The van der Waals surface area contributed by atoms with Crippen molar-refractivity contribution in [3.8, 4) is 0 Å². The molecule has 3 N–H and O–H groups in total. The molecule has 5 rings (SSSR count). The average Bonchev–Trinajstić information content (AvgIpc) is 3.68. The first kappa shape index (κ1) is 25.8. The number of hydrogen-bond acceptors (Lipinski definition) is 8. The summed E-state index contributed by atoms with van der Waals surface area (Å²) < 4.78 is 6.84. The van der Waals surface area contributed by atoms with E-state index in [1.54, 1.807) is 30.4 Å². The maximum absolute atomic E-state index is 13.1. The zero-order valence-electron chi connectivity index (χ0n) is 22.0. The van der Waals surface area contributed by atoms with Crippen LogP contribution >= 0.6 is 0 Å². The number of carbonyl (C=O) groups excluding carboxylic acids is 2. The lowest BCUT2D eigenvalue weighted by Gasteiger charge is -2.40. The molecule has 10 nitrogen and oxygen atoms in total. The first-order valence-electron chi connectivity index (χ1n) is 13.3. The molecule has 2 aliphatic rings. The van der Waals surface area contributed by atoms with E-state index in [1.807, 2.05) is 12.1 Å². The van der Waals surface area contributed by atoms with E-state index in [1.165, 1.54) is 18.4 Å². The summed E-state index contributed by atoms with van der Waals surface area (Å²) in [6.07, 6.45) is 9.95. The Labute approximate surface area is 222 Å². The standard InChI is InChI=1S/C28H35N7O3/c1-18-22(14-24(36)21-9-7-20(8-10-21)19-5-6-19)4-3-11-35(18)25-16-30-26(27(29)37)28(33-25)32-23-15-31-34(17-23)12-13-38-2/h7-10,15-19,22H,3-6,11-14H2,1-2H3,(H2,29,37)(H,32,33)/t18-,22+/m1/s1. The number of carbonyl (C=O) groups is 2. The Kier molecular flexibility index (Phi) is 7.69. The quantitative estimate of drug-likeness (QED) is 0.366. The van der Waals surface area contributed by atoms with E-state index in [4.69, 9.17) is 15.5 Å². The highest BCUT2D eigenvalue weighted by molar-refractivity contribution is 5.97.